The summed E-state index contributed by atoms with van der Waals surface area (Å²) in [5, 5.41) is 9.79. The Kier molecular flexibility index (Phi) is 2.33. The molecule has 14 heavy (non-hydrogen) atoms. The Bertz CT molecular complexity index is 308. The average Bonchev–Trinajstić information content (AvgIpc) is 2.57. The van der Waals surface area contributed by atoms with Crippen LogP contribution in [-0.4, -0.2) is 17.8 Å². The van der Waals surface area contributed by atoms with Gasteiger partial charge in [-0.15, -0.1) is 0 Å². The first-order valence-corrected chi connectivity index (χ1v) is 5.13. The molecule has 0 saturated carbocycles. The highest BCUT2D eigenvalue weighted by molar-refractivity contribution is 5.35. The Morgan fingerprint density at radius 2 is 1.86 bits per heavy atom. The van der Waals surface area contributed by atoms with Crippen molar-refractivity contribution in [2.75, 3.05) is 6.54 Å². The van der Waals surface area contributed by atoms with Crippen LogP contribution in [0.3, 0.4) is 0 Å². The number of benzene rings is 1. The van der Waals surface area contributed by atoms with E-state index in [1.165, 1.54) is 11.1 Å². The Labute approximate surface area is 84.7 Å². The second-order valence-corrected chi connectivity index (χ2v) is 4.36. The third kappa shape index (κ3) is 1.35. The van der Waals surface area contributed by atoms with Crippen LogP contribution >= 0.6 is 0 Å². The van der Waals surface area contributed by atoms with Gasteiger partial charge in [-0.3, -0.25) is 0 Å². The first-order chi connectivity index (χ1) is 6.68. The van der Waals surface area contributed by atoms with Crippen LogP contribution < -0.4 is 5.73 Å². The maximum atomic E-state index is 9.79. The molecule has 1 aliphatic carbocycles. The van der Waals surface area contributed by atoms with Crippen LogP contribution in [0.1, 0.15) is 18.1 Å². The van der Waals surface area contributed by atoms with Crippen LogP contribution in [0.2, 0.25) is 0 Å². The fourth-order valence-corrected chi connectivity index (χ4v) is 2.33. The molecule has 1 atom stereocenters. The van der Waals surface area contributed by atoms with Crippen molar-refractivity contribution in [1.29, 1.82) is 0 Å². The van der Waals surface area contributed by atoms with E-state index in [0.717, 1.165) is 12.8 Å². The van der Waals surface area contributed by atoms with Crippen molar-refractivity contribution in [2.45, 2.75) is 25.9 Å². The van der Waals surface area contributed by atoms with Crippen LogP contribution in [-0.2, 0) is 12.8 Å². The van der Waals surface area contributed by atoms with Crippen molar-refractivity contribution in [3.63, 3.8) is 0 Å². The molecular formula is C12H17NO. The van der Waals surface area contributed by atoms with Gasteiger partial charge in [0, 0.05) is 12.0 Å². The first-order valence-electron chi connectivity index (χ1n) is 5.13. The van der Waals surface area contributed by atoms with Crippen LogP contribution in [0.25, 0.3) is 0 Å². The zero-order valence-electron chi connectivity index (χ0n) is 8.53. The average molecular weight is 191 g/mol. The molecule has 0 aromatic heterocycles. The van der Waals surface area contributed by atoms with Crippen molar-refractivity contribution in [3.8, 4) is 0 Å². The highest BCUT2D eigenvalue weighted by Gasteiger charge is 2.39. The van der Waals surface area contributed by atoms with Gasteiger partial charge in [-0.2, -0.15) is 0 Å². The molecule has 3 N–H and O–H groups in total. The predicted octanol–water partition coefficient (Wildman–Crippen LogP) is 1.11. The van der Waals surface area contributed by atoms with Gasteiger partial charge in [0.15, 0.2) is 0 Å². The van der Waals surface area contributed by atoms with Gasteiger partial charge in [-0.05, 0) is 30.9 Å². The standard InChI is InChI=1S/C12H17NO/c1-9(14)12(8-13)6-10-4-2-3-5-11(10)7-12/h2-5,9,14H,6-8,13H2,1H3. The molecule has 0 radical (unpaired) electrons. The molecule has 2 nitrogen and oxygen atoms in total. The Morgan fingerprint density at radius 1 is 1.36 bits per heavy atom. The van der Waals surface area contributed by atoms with Gasteiger partial charge in [0.1, 0.15) is 0 Å². The summed E-state index contributed by atoms with van der Waals surface area (Å²) in [6.07, 6.45) is 1.49. The minimum absolute atomic E-state index is 0.121. The van der Waals surface area contributed by atoms with Crippen molar-refractivity contribution >= 4 is 0 Å². The van der Waals surface area contributed by atoms with Gasteiger partial charge >= 0.3 is 0 Å². The minimum atomic E-state index is -0.333. The second-order valence-electron chi connectivity index (χ2n) is 4.36. The Hall–Kier alpha value is -0.860. The maximum absolute atomic E-state index is 9.79. The fraction of sp³-hybridized carbons (Fsp3) is 0.500. The van der Waals surface area contributed by atoms with E-state index >= 15 is 0 Å². The lowest BCUT2D eigenvalue weighted by molar-refractivity contribution is 0.0525. The lowest BCUT2D eigenvalue weighted by Gasteiger charge is -2.30. The molecule has 0 heterocycles. The molecule has 1 aromatic rings. The molecule has 1 aromatic carbocycles. The predicted molar refractivity (Wildman–Crippen MR) is 57.0 cm³/mol. The number of aliphatic hydroxyl groups is 1. The second kappa shape index (κ2) is 3.37. The summed E-state index contributed by atoms with van der Waals surface area (Å²) in [7, 11) is 0. The molecule has 0 spiro atoms. The molecule has 76 valence electrons. The van der Waals surface area contributed by atoms with E-state index in [2.05, 4.69) is 12.1 Å². The Morgan fingerprint density at radius 3 is 2.21 bits per heavy atom. The summed E-state index contributed by atoms with van der Waals surface area (Å²) in [6.45, 7) is 2.40. The molecule has 0 saturated heterocycles. The van der Waals surface area contributed by atoms with Gasteiger partial charge < -0.3 is 10.8 Å². The number of hydrogen-bond acceptors (Lipinski definition) is 2. The number of hydrogen-bond donors (Lipinski definition) is 2. The van der Waals surface area contributed by atoms with Gasteiger partial charge in [-0.25, -0.2) is 0 Å². The largest absolute Gasteiger partial charge is 0.393 e. The number of nitrogens with two attached hydrogens (primary N) is 1. The van der Waals surface area contributed by atoms with Crippen LogP contribution in [0.15, 0.2) is 24.3 Å². The summed E-state index contributed by atoms with van der Waals surface area (Å²) in [5.41, 5.74) is 8.36. The van der Waals surface area contributed by atoms with Gasteiger partial charge in [0.25, 0.3) is 0 Å². The number of aliphatic hydroxyl groups excluding tert-OH is 1. The van der Waals surface area contributed by atoms with E-state index in [0.29, 0.717) is 6.54 Å². The molecule has 1 unspecified atom stereocenters. The van der Waals surface area contributed by atoms with Crippen LogP contribution in [0, 0.1) is 5.41 Å². The lowest BCUT2D eigenvalue weighted by Crippen LogP contribution is -2.41. The molecule has 0 aliphatic heterocycles. The van der Waals surface area contributed by atoms with E-state index in [1.54, 1.807) is 0 Å². The maximum Gasteiger partial charge on any atom is 0.0586 e. The third-order valence-corrected chi connectivity index (χ3v) is 3.50. The van der Waals surface area contributed by atoms with Crippen molar-refractivity contribution in [1.82, 2.24) is 0 Å². The fourth-order valence-electron chi connectivity index (χ4n) is 2.33. The topological polar surface area (TPSA) is 46.2 Å². The molecule has 0 fully saturated rings. The summed E-state index contributed by atoms with van der Waals surface area (Å²) < 4.78 is 0. The van der Waals surface area contributed by atoms with E-state index < -0.39 is 0 Å². The SMILES string of the molecule is CC(O)C1(CN)Cc2ccccc2C1. The zero-order chi connectivity index (χ0) is 10.2. The van der Waals surface area contributed by atoms with E-state index in [1.807, 2.05) is 19.1 Å². The Balaban J connectivity index is 2.32. The molecule has 2 heteroatoms. The summed E-state index contributed by atoms with van der Waals surface area (Å²) in [4.78, 5) is 0. The smallest absolute Gasteiger partial charge is 0.0586 e. The minimum Gasteiger partial charge on any atom is -0.393 e. The molecule has 2 rings (SSSR count). The van der Waals surface area contributed by atoms with E-state index in [-0.39, 0.29) is 11.5 Å². The quantitative estimate of drug-likeness (QED) is 0.735. The zero-order valence-corrected chi connectivity index (χ0v) is 8.53. The third-order valence-electron chi connectivity index (χ3n) is 3.50. The van der Waals surface area contributed by atoms with Crippen molar-refractivity contribution in [3.05, 3.63) is 35.4 Å². The van der Waals surface area contributed by atoms with Gasteiger partial charge in [0.05, 0.1) is 6.10 Å². The van der Waals surface area contributed by atoms with E-state index in [9.17, 15) is 5.11 Å². The summed E-state index contributed by atoms with van der Waals surface area (Å²) >= 11 is 0. The van der Waals surface area contributed by atoms with Crippen molar-refractivity contribution < 1.29 is 5.11 Å². The van der Waals surface area contributed by atoms with Crippen LogP contribution in [0.5, 0.6) is 0 Å². The number of rotatable bonds is 2. The number of fused-ring (bicyclic) bond motifs is 1. The molecular weight excluding hydrogens is 174 g/mol. The molecule has 1 aliphatic rings. The van der Waals surface area contributed by atoms with Gasteiger partial charge in [-0.1, -0.05) is 24.3 Å². The normalized spacial score (nSPS) is 20.5. The lowest BCUT2D eigenvalue weighted by atomic mass is 9.80. The first kappa shape index (κ1) is 9.69. The summed E-state index contributed by atoms with van der Waals surface area (Å²) in [5.74, 6) is 0. The highest BCUT2D eigenvalue weighted by Crippen LogP contribution is 2.38. The molecule has 0 bridgehead atoms. The van der Waals surface area contributed by atoms with Crippen LogP contribution in [0.4, 0.5) is 0 Å². The van der Waals surface area contributed by atoms with Crippen molar-refractivity contribution in [2.24, 2.45) is 11.1 Å². The highest BCUT2D eigenvalue weighted by atomic mass is 16.3. The monoisotopic (exact) mass is 191 g/mol. The van der Waals surface area contributed by atoms with Gasteiger partial charge in [0.2, 0.25) is 0 Å². The summed E-state index contributed by atoms with van der Waals surface area (Å²) in [6, 6.07) is 8.37. The van der Waals surface area contributed by atoms with E-state index in [4.69, 9.17) is 5.73 Å². The molecule has 0 amide bonds.